The van der Waals surface area contributed by atoms with Crippen molar-refractivity contribution in [3.05, 3.63) is 46.0 Å². The Bertz CT molecular complexity index is 726. The molecule has 0 bridgehead atoms. The number of nitrogen functional groups attached to an aromatic ring is 2. The van der Waals surface area contributed by atoms with E-state index in [-0.39, 0.29) is 5.56 Å². The van der Waals surface area contributed by atoms with Crippen LogP contribution in [0.5, 0.6) is 0 Å². The SMILES string of the molecule is Cc1cc(-c2cc(C)c(N)c(C)c2C(=O)O)cc(C)c1N. The van der Waals surface area contributed by atoms with Gasteiger partial charge in [-0.05, 0) is 79.3 Å². The van der Waals surface area contributed by atoms with Crippen LogP contribution in [0.25, 0.3) is 11.1 Å². The molecule has 21 heavy (non-hydrogen) atoms. The third-order valence-corrected chi connectivity index (χ3v) is 3.95. The molecule has 2 rings (SSSR count). The van der Waals surface area contributed by atoms with Crippen LogP contribution in [0.2, 0.25) is 0 Å². The average molecular weight is 284 g/mol. The highest BCUT2D eigenvalue weighted by Crippen LogP contribution is 2.34. The summed E-state index contributed by atoms with van der Waals surface area (Å²) in [6.07, 6.45) is 0. The summed E-state index contributed by atoms with van der Waals surface area (Å²) >= 11 is 0. The van der Waals surface area contributed by atoms with Crippen molar-refractivity contribution in [2.45, 2.75) is 27.7 Å². The molecule has 2 aromatic rings. The van der Waals surface area contributed by atoms with Crippen LogP contribution in [0.3, 0.4) is 0 Å². The second kappa shape index (κ2) is 5.13. The maximum Gasteiger partial charge on any atom is 0.336 e. The van der Waals surface area contributed by atoms with E-state index in [0.717, 1.165) is 27.9 Å². The molecule has 0 spiro atoms. The zero-order valence-electron chi connectivity index (χ0n) is 12.7. The van der Waals surface area contributed by atoms with E-state index in [0.29, 0.717) is 16.8 Å². The van der Waals surface area contributed by atoms with E-state index in [4.69, 9.17) is 11.5 Å². The number of benzene rings is 2. The number of nitrogens with two attached hydrogens (primary N) is 2. The molecule has 0 amide bonds. The minimum atomic E-state index is -0.971. The molecular formula is C17H20N2O2. The fraction of sp³-hybridized carbons (Fsp3) is 0.235. The van der Waals surface area contributed by atoms with Gasteiger partial charge in [-0.15, -0.1) is 0 Å². The fourth-order valence-corrected chi connectivity index (χ4v) is 2.63. The Morgan fingerprint density at radius 1 is 0.905 bits per heavy atom. The molecule has 0 aliphatic rings. The summed E-state index contributed by atoms with van der Waals surface area (Å²) < 4.78 is 0. The van der Waals surface area contributed by atoms with E-state index in [1.807, 2.05) is 39.0 Å². The number of aryl methyl sites for hydroxylation is 3. The van der Waals surface area contributed by atoms with Crippen molar-refractivity contribution in [3.63, 3.8) is 0 Å². The molecular weight excluding hydrogens is 264 g/mol. The van der Waals surface area contributed by atoms with Gasteiger partial charge in [-0.2, -0.15) is 0 Å². The number of aromatic carboxylic acids is 1. The number of hydrogen-bond donors (Lipinski definition) is 3. The van der Waals surface area contributed by atoms with Crippen LogP contribution in [-0.2, 0) is 0 Å². The van der Waals surface area contributed by atoms with E-state index >= 15 is 0 Å². The van der Waals surface area contributed by atoms with Crippen molar-refractivity contribution in [1.82, 2.24) is 0 Å². The van der Waals surface area contributed by atoms with Gasteiger partial charge in [0, 0.05) is 11.4 Å². The number of carboxylic acid groups (broad SMARTS) is 1. The largest absolute Gasteiger partial charge is 0.478 e. The quantitative estimate of drug-likeness (QED) is 0.737. The van der Waals surface area contributed by atoms with E-state index in [1.165, 1.54) is 0 Å². The van der Waals surface area contributed by atoms with Crippen molar-refractivity contribution in [2.75, 3.05) is 11.5 Å². The molecule has 110 valence electrons. The minimum Gasteiger partial charge on any atom is -0.478 e. The lowest BCUT2D eigenvalue weighted by Crippen LogP contribution is -2.07. The molecule has 0 heterocycles. The van der Waals surface area contributed by atoms with E-state index in [1.54, 1.807) is 6.92 Å². The first-order chi connectivity index (χ1) is 9.73. The highest BCUT2D eigenvalue weighted by atomic mass is 16.4. The van der Waals surface area contributed by atoms with Gasteiger partial charge in [0.05, 0.1) is 5.56 Å². The summed E-state index contributed by atoms with van der Waals surface area (Å²) in [7, 11) is 0. The predicted molar refractivity (Wildman–Crippen MR) is 86.6 cm³/mol. The fourth-order valence-electron chi connectivity index (χ4n) is 2.63. The van der Waals surface area contributed by atoms with Crippen molar-refractivity contribution >= 4 is 17.3 Å². The molecule has 0 aliphatic heterocycles. The summed E-state index contributed by atoms with van der Waals surface area (Å²) in [5, 5.41) is 9.54. The maximum absolute atomic E-state index is 11.6. The Hall–Kier alpha value is -2.49. The number of carboxylic acids is 1. The Balaban J connectivity index is 2.83. The molecule has 0 atom stereocenters. The van der Waals surface area contributed by atoms with Gasteiger partial charge in [0.1, 0.15) is 0 Å². The summed E-state index contributed by atoms with van der Waals surface area (Å²) in [6, 6.07) is 5.66. The van der Waals surface area contributed by atoms with Gasteiger partial charge in [-0.25, -0.2) is 4.79 Å². The number of hydrogen-bond acceptors (Lipinski definition) is 3. The zero-order chi connectivity index (χ0) is 15.9. The van der Waals surface area contributed by atoms with Gasteiger partial charge in [-0.1, -0.05) is 0 Å². The Morgan fingerprint density at radius 3 is 1.86 bits per heavy atom. The standard InChI is InChI=1S/C17H20N2O2/c1-8-5-12(6-9(2)15(8)18)13-7-10(3)16(19)11(4)14(13)17(20)21/h5-7H,18-19H2,1-4H3,(H,20,21). The van der Waals surface area contributed by atoms with E-state index < -0.39 is 5.97 Å². The van der Waals surface area contributed by atoms with Gasteiger partial charge in [0.15, 0.2) is 0 Å². The van der Waals surface area contributed by atoms with Crippen LogP contribution in [0.15, 0.2) is 18.2 Å². The summed E-state index contributed by atoms with van der Waals surface area (Å²) in [6.45, 7) is 7.47. The lowest BCUT2D eigenvalue weighted by atomic mass is 9.90. The predicted octanol–water partition coefficient (Wildman–Crippen LogP) is 3.45. The minimum absolute atomic E-state index is 0.252. The highest BCUT2D eigenvalue weighted by Gasteiger charge is 2.19. The second-order valence-electron chi connectivity index (χ2n) is 5.48. The molecule has 0 aromatic heterocycles. The molecule has 0 saturated carbocycles. The molecule has 0 radical (unpaired) electrons. The van der Waals surface area contributed by atoms with E-state index in [2.05, 4.69) is 0 Å². The van der Waals surface area contributed by atoms with Gasteiger partial charge in [-0.3, -0.25) is 0 Å². The lowest BCUT2D eigenvalue weighted by Gasteiger charge is -2.16. The van der Waals surface area contributed by atoms with Gasteiger partial charge in [0.25, 0.3) is 0 Å². The third-order valence-electron chi connectivity index (χ3n) is 3.95. The summed E-state index contributed by atoms with van der Waals surface area (Å²) in [5.74, 6) is -0.971. The Morgan fingerprint density at radius 2 is 1.38 bits per heavy atom. The van der Waals surface area contributed by atoms with Crippen LogP contribution < -0.4 is 11.5 Å². The molecule has 4 heteroatoms. The second-order valence-corrected chi connectivity index (χ2v) is 5.48. The Labute approximate surface area is 124 Å². The molecule has 0 fully saturated rings. The third kappa shape index (κ3) is 2.44. The molecule has 0 aliphatic carbocycles. The van der Waals surface area contributed by atoms with Crippen LogP contribution in [0.4, 0.5) is 11.4 Å². The number of carbonyl (C=O) groups is 1. The Kier molecular flexibility index (Phi) is 3.64. The molecule has 0 saturated heterocycles. The lowest BCUT2D eigenvalue weighted by molar-refractivity contribution is 0.0697. The van der Waals surface area contributed by atoms with Crippen LogP contribution in [-0.4, -0.2) is 11.1 Å². The van der Waals surface area contributed by atoms with Crippen molar-refractivity contribution in [3.8, 4) is 11.1 Å². The molecule has 5 N–H and O–H groups in total. The average Bonchev–Trinajstić information content (AvgIpc) is 2.40. The molecule has 0 unspecified atom stereocenters. The smallest absolute Gasteiger partial charge is 0.336 e. The van der Waals surface area contributed by atoms with Crippen molar-refractivity contribution in [1.29, 1.82) is 0 Å². The van der Waals surface area contributed by atoms with Crippen LogP contribution in [0, 0.1) is 27.7 Å². The summed E-state index contributed by atoms with van der Waals surface area (Å²) in [5.41, 5.74) is 18.3. The first kappa shape index (κ1) is 14.9. The van der Waals surface area contributed by atoms with Crippen molar-refractivity contribution in [2.24, 2.45) is 0 Å². The van der Waals surface area contributed by atoms with Crippen LogP contribution in [0.1, 0.15) is 32.6 Å². The maximum atomic E-state index is 11.6. The van der Waals surface area contributed by atoms with Crippen LogP contribution >= 0.6 is 0 Å². The molecule has 2 aromatic carbocycles. The van der Waals surface area contributed by atoms with Crippen molar-refractivity contribution < 1.29 is 9.90 Å². The topological polar surface area (TPSA) is 89.3 Å². The monoisotopic (exact) mass is 284 g/mol. The first-order valence-electron chi connectivity index (χ1n) is 6.74. The van der Waals surface area contributed by atoms with E-state index in [9.17, 15) is 9.90 Å². The van der Waals surface area contributed by atoms with Gasteiger partial charge in [0.2, 0.25) is 0 Å². The first-order valence-corrected chi connectivity index (χ1v) is 6.74. The number of rotatable bonds is 2. The zero-order valence-corrected chi connectivity index (χ0v) is 12.7. The normalized spacial score (nSPS) is 10.7. The van der Waals surface area contributed by atoms with Gasteiger partial charge < -0.3 is 16.6 Å². The number of anilines is 2. The highest BCUT2D eigenvalue weighted by molar-refractivity contribution is 6.00. The molecule has 4 nitrogen and oxygen atoms in total. The van der Waals surface area contributed by atoms with Gasteiger partial charge >= 0.3 is 5.97 Å². The summed E-state index contributed by atoms with van der Waals surface area (Å²) in [4.78, 5) is 11.6.